The van der Waals surface area contributed by atoms with Crippen molar-refractivity contribution in [1.82, 2.24) is 9.47 Å². The lowest BCUT2D eigenvalue weighted by molar-refractivity contribution is -0.134. The molecule has 0 saturated carbocycles. The minimum atomic E-state index is -0.481. The zero-order valence-corrected chi connectivity index (χ0v) is 18.8. The van der Waals surface area contributed by atoms with E-state index in [-0.39, 0.29) is 24.1 Å². The maximum absolute atomic E-state index is 13.5. The van der Waals surface area contributed by atoms with E-state index < -0.39 is 6.04 Å². The van der Waals surface area contributed by atoms with Gasteiger partial charge < -0.3 is 20.1 Å². The van der Waals surface area contributed by atoms with Gasteiger partial charge in [-0.05, 0) is 29.2 Å². The minimum Gasteiger partial charge on any atom is -0.394 e. The van der Waals surface area contributed by atoms with Crippen molar-refractivity contribution < 1.29 is 14.7 Å². The average molecular weight is 451 g/mol. The summed E-state index contributed by atoms with van der Waals surface area (Å²) in [7, 11) is 0. The Morgan fingerprint density at radius 1 is 0.971 bits per heavy atom. The van der Waals surface area contributed by atoms with Gasteiger partial charge in [-0.1, -0.05) is 78.9 Å². The lowest BCUT2D eigenvalue weighted by Gasteiger charge is -2.34. The normalized spacial score (nSPS) is 17.1. The lowest BCUT2D eigenvalue weighted by Crippen LogP contribution is -2.48. The molecule has 1 fully saturated rings. The molecule has 1 N–H and O–H groups in total. The molecular weight excluding hydrogens is 424 g/mol. The van der Waals surface area contributed by atoms with Gasteiger partial charge in [-0.15, -0.1) is 0 Å². The molecule has 2 atom stereocenters. The van der Waals surface area contributed by atoms with Crippen LogP contribution in [0.4, 0.5) is 0 Å². The van der Waals surface area contributed by atoms with Crippen LogP contribution in [-0.4, -0.2) is 44.1 Å². The number of nitrogens with zero attached hydrogens (tertiary/aromatic N) is 4. The van der Waals surface area contributed by atoms with Gasteiger partial charge in [0.15, 0.2) is 0 Å². The van der Waals surface area contributed by atoms with E-state index >= 15 is 0 Å². The molecule has 0 spiro atoms. The predicted octanol–water partition coefficient (Wildman–Crippen LogP) is 4.41. The molecule has 0 bridgehead atoms. The molecule has 3 aromatic carbocycles. The van der Waals surface area contributed by atoms with Crippen LogP contribution in [0, 0.1) is 0 Å². The lowest BCUT2D eigenvalue weighted by atomic mass is 9.86. The fraction of sp³-hybridized carbons (Fsp3) is 0.214. The fourth-order valence-corrected chi connectivity index (χ4v) is 5.04. The van der Waals surface area contributed by atoms with Gasteiger partial charge in [0.2, 0.25) is 0 Å². The van der Waals surface area contributed by atoms with Gasteiger partial charge in [-0.25, -0.2) is 0 Å². The van der Waals surface area contributed by atoms with E-state index in [0.29, 0.717) is 19.5 Å². The van der Waals surface area contributed by atoms with Crippen LogP contribution in [0.2, 0.25) is 0 Å². The summed E-state index contributed by atoms with van der Waals surface area (Å²) in [6.45, 7) is 0.969. The number of aliphatic hydroxyl groups excluding tert-OH is 1. The van der Waals surface area contributed by atoms with Crippen molar-refractivity contribution in [3.05, 3.63) is 113 Å². The quantitative estimate of drug-likeness (QED) is 0.349. The summed E-state index contributed by atoms with van der Waals surface area (Å²) in [5.41, 5.74) is 14.1. The van der Waals surface area contributed by atoms with Crippen LogP contribution >= 0.6 is 0 Å². The zero-order valence-electron chi connectivity index (χ0n) is 18.8. The number of carbonyl (C=O) groups excluding carboxylic acids is 1. The Morgan fingerprint density at radius 3 is 2.35 bits per heavy atom. The van der Waals surface area contributed by atoms with Crippen LogP contribution in [-0.2, 0) is 11.3 Å². The second kappa shape index (κ2) is 9.48. The van der Waals surface area contributed by atoms with Crippen molar-refractivity contribution in [3.63, 3.8) is 0 Å². The molecule has 1 saturated heterocycles. The number of carbonyl (C=O) groups is 1. The molecule has 0 radical (unpaired) electrons. The maximum Gasteiger partial charge on any atom is 0.363 e. The molecule has 6 heteroatoms. The molecule has 6 nitrogen and oxygen atoms in total. The van der Waals surface area contributed by atoms with Crippen LogP contribution < -0.4 is 0 Å². The first-order chi connectivity index (χ1) is 16.7. The van der Waals surface area contributed by atoms with Crippen LogP contribution in [0.3, 0.4) is 0 Å². The van der Waals surface area contributed by atoms with Crippen LogP contribution in [0.25, 0.3) is 16.4 Å². The molecule has 0 aliphatic carbocycles. The number of benzene rings is 3. The monoisotopic (exact) mass is 450 g/mol. The molecule has 4 aromatic rings. The molecule has 1 aliphatic rings. The Morgan fingerprint density at radius 2 is 1.65 bits per heavy atom. The third-order valence-corrected chi connectivity index (χ3v) is 6.70. The van der Waals surface area contributed by atoms with E-state index in [1.54, 1.807) is 4.90 Å². The summed E-state index contributed by atoms with van der Waals surface area (Å²) < 4.78 is 2.19. The molecule has 170 valence electrons. The van der Waals surface area contributed by atoms with Gasteiger partial charge in [0, 0.05) is 30.2 Å². The van der Waals surface area contributed by atoms with Crippen molar-refractivity contribution in [3.8, 4) is 0 Å². The molecule has 0 unspecified atom stereocenters. The van der Waals surface area contributed by atoms with Gasteiger partial charge in [0.05, 0.1) is 18.6 Å². The highest BCUT2D eigenvalue weighted by molar-refractivity contribution is 6.39. The summed E-state index contributed by atoms with van der Waals surface area (Å²) in [6.07, 6.45) is 2.69. The highest BCUT2D eigenvalue weighted by Gasteiger charge is 2.44. The smallest absolute Gasteiger partial charge is 0.363 e. The van der Waals surface area contributed by atoms with Crippen molar-refractivity contribution in [2.24, 2.45) is 0 Å². The second-order valence-corrected chi connectivity index (χ2v) is 8.65. The van der Waals surface area contributed by atoms with Gasteiger partial charge in [0.25, 0.3) is 0 Å². The first-order valence-corrected chi connectivity index (χ1v) is 11.5. The number of amides is 1. The van der Waals surface area contributed by atoms with Gasteiger partial charge in [-0.3, -0.25) is 4.79 Å². The number of likely N-dealkylation sites (tertiary alicyclic amines) is 1. The third kappa shape index (κ3) is 3.94. The topological polar surface area (TPSA) is 81.9 Å². The Balaban J connectivity index is 1.50. The Hall–Kier alpha value is -3.99. The Bertz CT molecular complexity index is 1360. The Kier molecular flexibility index (Phi) is 6.09. The standard InChI is InChI=1S/C28H26N4O2/c29-30-27-23(15-16-32(28(27)34)26(19-33)21-11-5-2-6-12-21)24-18-31(17-20-9-3-1-4-10-20)25-14-8-7-13-22(24)25/h1-14,18,23,26,33H,15-17,19H2/t23-,26-/m0/s1. The summed E-state index contributed by atoms with van der Waals surface area (Å²) in [5.74, 6) is -0.674. The largest absolute Gasteiger partial charge is 0.394 e. The zero-order chi connectivity index (χ0) is 23.5. The van der Waals surface area contributed by atoms with Gasteiger partial charge >= 0.3 is 11.6 Å². The first kappa shape index (κ1) is 21.8. The summed E-state index contributed by atoms with van der Waals surface area (Å²) in [4.78, 5) is 18.6. The van der Waals surface area contributed by atoms with Crippen molar-refractivity contribution in [1.29, 1.82) is 0 Å². The molecule has 1 aromatic heterocycles. The highest BCUT2D eigenvalue weighted by atomic mass is 16.3. The maximum atomic E-state index is 13.5. The van der Waals surface area contributed by atoms with E-state index in [1.807, 2.05) is 60.7 Å². The SMILES string of the molecule is [N-]=[N+]=C1C(=O)N([C@@H](CO)c2ccccc2)CC[C@H]1c1cn(Cc2ccccc2)c2ccccc12. The molecule has 5 rings (SSSR count). The fourth-order valence-electron chi connectivity index (χ4n) is 5.04. The molecule has 1 amide bonds. The number of hydrogen-bond acceptors (Lipinski definition) is 2. The minimum absolute atomic E-state index is 0.114. The molecule has 1 aliphatic heterocycles. The summed E-state index contributed by atoms with van der Waals surface area (Å²) >= 11 is 0. The number of aliphatic hydroxyl groups is 1. The van der Waals surface area contributed by atoms with Crippen molar-refractivity contribution in [2.75, 3.05) is 13.2 Å². The Labute approximate surface area is 198 Å². The van der Waals surface area contributed by atoms with Crippen molar-refractivity contribution in [2.45, 2.75) is 24.9 Å². The van der Waals surface area contributed by atoms with Crippen LogP contribution in [0.1, 0.15) is 35.1 Å². The van der Waals surface area contributed by atoms with Gasteiger partial charge in [-0.2, -0.15) is 4.79 Å². The van der Waals surface area contributed by atoms with E-state index in [4.69, 9.17) is 0 Å². The number of piperidine rings is 1. The number of aromatic nitrogens is 1. The third-order valence-electron chi connectivity index (χ3n) is 6.70. The number of para-hydroxylation sites is 1. The molecule has 34 heavy (non-hydrogen) atoms. The molecular formula is C28H26N4O2. The van der Waals surface area contributed by atoms with E-state index in [0.717, 1.165) is 22.0 Å². The van der Waals surface area contributed by atoms with Crippen LogP contribution in [0.15, 0.2) is 91.1 Å². The molecule has 2 heterocycles. The van der Waals surface area contributed by atoms with Crippen LogP contribution in [0.5, 0.6) is 0 Å². The summed E-state index contributed by atoms with van der Waals surface area (Å²) in [5, 5.41) is 11.1. The van der Waals surface area contributed by atoms with Gasteiger partial charge in [0.1, 0.15) is 0 Å². The highest BCUT2D eigenvalue weighted by Crippen LogP contribution is 2.36. The number of fused-ring (bicyclic) bond motifs is 1. The number of rotatable bonds is 6. The first-order valence-electron chi connectivity index (χ1n) is 11.5. The number of hydrogen-bond donors (Lipinski definition) is 1. The van der Waals surface area contributed by atoms with E-state index in [9.17, 15) is 15.4 Å². The van der Waals surface area contributed by atoms with E-state index in [1.165, 1.54) is 5.56 Å². The average Bonchev–Trinajstić information content (AvgIpc) is 3.24. The predicted molar refractivity (Wildman–Crippen MR) is 131 cm³/mol. The second-order valence-electron chi connectivity index (χ2n) is 8.65. The van der Waals surface area contributed by atoms with Crippen molar-refractivity contribution >= 4 is 22.5 Å². The summed E-state index contributed by atoms with van der Waals surface area (Å²) in [6, 6.07) is 27.3. The van der Waals surface area contributed by atoms with E-state index in [2.05, 4.69) is 39.8 Å².